The number of nitrogens with one attached hydrogen (secondary N) is 1. The molecule has 0 unspecified atom stereocenters. The second-order valence-corrected chi connectivity index (χ2v) is 4.68. The molecule has 0 spiro atoms. The van der Waals surface area contributed by atoms with E-state index >= 15 is 0 Å². The summed E-state index contributed by atoms with van der Waals surface area (Å²) in [5, 5.41) is 4.28. The Morgan fingerprint density at radius 2 is 2.40 bits per heavy atom. The predicted octanol–water partition coefficient (Wildman–Crippen LogP) is 1.74. The molecule has 1 nitrogen and oxygen atoms in total. The van der Waals surface area contributed by atoms with Gasteiger partial charge in [0.25, 0.3) is 0 Å². The van der Waals surface area contributed by atoms with Crippen LogP contribution in [-0.2, 0) is 0 Å². The summed E-state index contributed by atoms with van der Waals surface area (Å²) in [7, 11) is 0. The third-order valence-corrected chi connectivity index (χ3v) is 3.41. The highest BCUT2D eigenvalue weighted by atomic mass is 32.2. The summed E-state index contributed by atoms with van der Waals surface area (Å²) in [4.78, 5) is 0. The van der Waals surface area contributed by atoms with Gasteiger partial charge in [-0.25, -0.2) is 0 Å². The molecule has 1 saturated heterocycles. The molecule has 1 aliphatic heterocycles. The van der Waals surface area contributed by atoms with Gasteiger partial charge in [0.2, 0.25) is 0 Å². The second-order valence-electron chi connectivity index (χ2n) is 3.34. The fourth-order valence-corrected chi connectivity index (χ4v) is 2.28. The van der Waals surface area contributed by atoms with Gasteiger partial charge >= 0.3 is 0 Å². The highest BCUT2D eigenvalue weighted by Crippen LogP contribution is 2.19. The lowest BCUT2D eigenvalue weighted by atomic mass is 10.3. The zero-order valence-electron chi connectivity index (χ0n) is 6.89. The first kappa shape index (κ1) is 8.41. The Morgan fingerprint density at radius 1 is 1.60 bits per heavy atom. The van der Waals surface area contributed by atoms with Crippen molar-refractivity contribution in [2.24, 2.45) is 5.92 Å². The molecule has 0 amide bonds. The van der Waals surface area contributed by atoms with Crippen LogP contribution < -0.4 is 5.32 Å². The van der Waals surface area contributed by atoms with Crippen LogP contribution in [0.2, 0.25) is 0 Å². The standard InChI is InChI=1S/C8H17NS/c1-7(2)6-10-8-3-4-9-5-8/h7-9H,3-6H2,1-2H3/t8-/m1/s1. The molecule has 0 aromatic rings. The van der Waals surface area contributed by atoms with Crippen LogP contribution in [0.5, 0.6) is 0 Å². The Morgan fingerprint density at radius 3 is 2.90 bits per heavy atom. The number of thioether (sulfide) groups is 1. The Hall–Kier alpha value is 0.310. The van der Waals surface area contributed by atoms with Crippen LogP contribution in [0.3, 0.4) is 0 Å². The molecule has 60 valence electrons. The van der Waals surface area contributed by atoms with Crippen molar-refractivity contribution in [3.8, 4) is 0 Å². The Labute approximate surface area is 68.0 Å². The van der Waals surface area contributed by atoms with Crippen LogP contribution in [0.4, 0.5) is 0 Å². The topological polar surface area (TPSA) is 12.0 Å². The minimum Gasteiger partial charge on any atom is -0.316 e. The second kappa shape index (κ2) is 4.24. The smallest absolute Gasteiger partial charge is 0.0184 e. The van der Waals surface area contributed by atoms with Gasteiger partial charge in [0, 0.05) is 11.8 Å². The largest absolute Gasteiger partial charge is 0.316 e. The van der Waals surface area contributed by atoms with Crippen LogP contribution in [0, 0.1) is 5.92 Å². The molecule has 0 radical (unpaired) electrons. The van der Waals surface area contributed by atoms with Gasteiger partial charge in [0.15, 0.2) is 0 Å². The van der Waals surface area contributed by atoms with Crippen molar-refractivity contribution in [2.45, 2.75) is 25.5 Å². The quantitative estimate of drug-likeness (QED) is 0.673. The maximum absolute atomic E-state index is 3.38. The fourth-order valence-electron chi connectivity index (χ4n) is 1.10. The molecule has 0 saturated carbocycles. The van der Waals surface area contributed by atoms with Gasteiger partial charge in [0.05, 0.1) is 0 Å². The number of hydrogen-bond acceptors (Lipinski definition) is 2. The number of hydrogen-bond donors (Lipinski definition) is 1. The Bertz CT molecular complexity index is 87.3. The van der Waals surface area contributed by atoms with Crippen molar-refractivity contribution in [3.05, 3.63) is 0 Å². The van der Waals surface area contributed by atoms with E-state index in [0.29, 0.717) is 0 Å². The van der Waals surface area contributed by atoms with E-state index in [9.17, 15) is 0 Å². The van der Waals surface area contributed by atoms with Crippen LogP contribution in [-0.4, -0.2) is 24.1 Å². The molecule has 10 heavy (non-hydrogen) atoms. The van der Waals surface area contributed by atoms with Crippen molar-refractivity contribution >= 4 is 11.8 Å². The summed E-state index contributed by atoms with van der Waals surface area (Å²) in [6, 6.07) is 0. The maximum atomic E-state index is 3.38. The summed E-state index contributed by atoms with van der Waals surface area (Å²) in [5.41, 5.74) is 0. The molecular weight excluding hydrogens is 142 g/mol. The molecule has 1 rings (SSSR count). The molecule has 1 aliphatic rings. The molecule has 2 heteroatoms. The van der Waals surface area contributed by atoms with Crippen molar-refractivity contribution in [1.82, 2.24) is 5.32 Å². The summed E-state index contributed by atoms with van der Waals surface area (Å²) in [5.74, 6) is 2.18. The fraction of sp³-hybridized carbons (Fsp3) is 1.00. The zero-order valence-corrected chi connectivity index (χ0v) is 7.71. The van der Waals surface area contributed by atoms with Crippen molar-refractivity contribution in [1.29, 1.82) is 0 Å². The van der Waals surface area contributed by atoms with Crippen molar-refractivity contribution in [3.63, 3.8) is 0 Å². The SMILES string of the molecule is CC(C)CS[C@@H]1CCNC1. The molecule has 1 fully saturated rings. The molecule has 0 aromatic carbocycles. The summed E-state index contributed by atoms with van der Waals surface area (Å²) in [6.45, 7) is 7.04. The van der Waals surface area contributed by atoms with Gasteiger partial charge in [0.1, 0.15) is 0 Å². The third-order valence-electron chi connectivity index (χ3n) is 1.68. The van der Waals surface area contributed by atoms with E-state index in [2.05, 4.69) is 30.9 Å². The van der Waals surface area contributed by atoms with Gasteiger partial charge in [-0.15, -0.1) is 0 Å². The van der Waals surface area contributed by atoms with Crippen molar-refractivity contribution < 1.29 is 0 Å². The summed E-state index contributed by atoms with van der Waals surface area (Å²) >= 11 is 2.13. The highest BCUT2D eigenvalue weighted by molar-refractivity contribution is 7.99. The normalized spacial score (nSPS) is 26.1. The van der Waals surface area contributed by atoms with E-state index in [4.69, 9.17) is 0 Å². The monoisotopic (exact) mass is 159 g/mol. The molecule has 1 N–H and O–H groups in total. The lowest BCUT2D eigenvalue weighted by Crippen LogP contribution is -2.11. The predicted molar refractivity (Wildman–Crippen MR) is 48.6 cm³/mol. The number of rotatable bonds is 3. The first-order chi connectivity index (χ1) is 4.79. The van der Waals surface area contributed by atoms with Crippen molar-refractivity contribution in [2.75, 3.05) is 18.8 Å². The van der Waals surface area contributed by atoms with Crippen LogP contribution >= 0.6 is 11.8 Å². The minimum absolute atomic E-state index is 0.852. The van der Waals surface area contributed by atoms with Gasteiger partial charge in [-0.3, -0.25) is 0 Å². The lowest BCUT2D eigenvalue weighted by Gasteiger charge is -2.09. The average Bonchev–Trinajstić information content (AvgIpc) is 2.34. The maximum Gasteiger partial charge on any atom is 0.0184 e. The van der Waals surface area contributed by atoms with Gasteiger partial charge in [-0.1, -0.05) is 13.8 Å². The minimum atomic E-state index is 0.852. The Balaban J connectivity index is 2.01. The van der Waals surface area contributed by atoms with E-state index in [1.54, 1.807) is 0 Å². The van der Waals surface area contributed by atoms with Gasteiger partial charge < -0.3 is 5.32 Å². The summed E-state index contributed by atoms with van der Waals surface area (Å²) < 4.78 is 0. The van der Waals surface area contributed by atoms with Gasteiger partial charge in [-0.2, -0.15) is 11.8 Å². The van der Waals surface area contributed by atoms with E-state index < -0.39 is 0 Å². The molecule has 0 aromatic heterocycles. The zero-order chi connectivity index (χ0) is 7.40. The van der Waals surface area contributed by atoms with Crippen LogP contribution in [0.15, 0.2) is 0 Å². The van der Waals surface area contributed by atoms with E-state index in [0.717, 1.165) is 11.2 Å². The van der Waals surface area contributed by atoms with Gasteiger partial charge in [-0.05, 0) is 24.6 Å². The lowest BCUT2D eigenvalue weighted by molar-refractivity contribution is 0.746. The van der Waals surface area contributed by atoms with Crippen LogP contribution in [0.1, 0.15) is 20.3 Å². The van der Waals surface area contributed by atoms with Crippen LogP contribution in [0.25, 0.3) is 0 Å². The first-order valence-corrected chi connectivity index (χ1v) is 5.16. The first-order valence-electron chi connectivity index (χ1n) is 4.11. The molecule has 0 bridgehead atoms. The average molecular weight is 159 g/mol. The summed E-state index contributed by atoms with van der Waals surface area (Å²) in [6.07, 6.45) is 1.37. The van der Waals surface area contributed by atoms with E-state index in [1.807, 2.05) is 0 Å². The van der Waals surface area contributed by atoms with E-state index in [1.165, 1.54) is 25.3 Å². The molecule has 1 heterocycles. The molecule has 1 atom stereocenters. The molecule has 0 aliphatic carbocycles. The third kappa shape index (κ3) is 2.93. The molecular formula is C8H17NS. The highest BCUT2D eigenvalue weighted by Gasteiger charge is 2.14. The van der Waals surface area contributed by atoms with E-state index in [-0.39, 0.29) is 0 Å². The Kier molecular flexibility index (Phi) is 3.57.